The molecule has 0 bridgehead atoms. The normalized spacial score (nSPS) is 35.7. The first kappa shape index (κ1) is 16.2. The van der Waals surface area contributed by atoms with Crippen molar-refractivity contribution in [2.24, 2.45) is 5.92 Å². The van der Waals surface area contributed by atoms with E-state index in [1.807, 2.05) is 6.92 Å². The molecule has 4 N–H and O–H groups in total. The molecule has 4 unspecified atom stereocenters. The standard InChI is InChI=1S/C16H24O5/c1-8(2)16(20)11-6-9(3)12(21-5)7-10(11)15(4,19)13(17)14(16)18/h6-8,13-14,17-20H,1-5H3. The number of hydrogen-bond acceptors (Lipinski definition) is 5. The molecule has 5 nitrogen and oxygen atoms in total. The van der Waals surface area contributed by atoms with Crippen LogP contribution in [-0.2, 0) is 11.2 Å². The molecule has 2 rings (SSSR count). The van der Waals surface area contributed by atoms with Crippen molar-refractivity contribution < 1.29 is 25.2 Å². The summed E-state index contributed by atoms with van der Waals surface area (Å²) in [5.41, 5.74) is -1.71. The highest BCUT2D eigenvalue weighted by Gasteiger charge is 2.56. The molecule has 1 aromatic carbocycles. The predicted molar refractivity (Wildman–Crippen MR) is 78.1 cm³/mol. The lowest BCUT2D eigenvalue weighted by Crippen LogP contribution is -2.61. The second kappa shape index (κ2) is 4.95. The molecule has 0 saturated heterocycles. The first-order valence-electron chi connectivity index (χ1n) is 7.08. The van der Waals surface area contributed by atoms with Gasteiger partial charge in [-0.2, -0.15) is 0 Å². The van der Waals surface area contributed by atoms with Gasteiger partial charge in [0.25, 0.3) is 0 Å². The minimum absolute atomic E-state index is 0.343. The molecule has 0 aromatic heterocycles. The summed E-state index contributed by atoms with van der Waals surface area (Å²) in [6, 6.07) is 3.32. The minimum atomic E-state index is -1.67. The van der Waals surface area contributed by atoms with Gasteiger partial charge < -0.3 is 25.2 Å². The summed E-state index contributed by atoms with van der Waals surface area (Å²) < 4.78 is 5.26. The van der Waals surface area contributed by atoms with Crippen LogP contribution in [0, 0.1) is 12.8 Å². The average Bonchev–Trinajstić information content (AvgIpc) is 2.42. The van der Waals surface area contributed by atoms with E-state index in [9.17, 15) is 20.4 Å². The first-order valence-corrected chi connectivity index (χ1v) is 7.08. The van der Waals surface area contributed by atoms with E-state index in [0.29, 0.717) is 16.9 Å². The van der Waals surface area contributed by atoms with Gasteiger partial charge in [0, 0.05) is 0 Å². The summed E-state index contributed by atoms with van der Waals surface area (Å²) in [5.74, 6) is 0.216. The van der Waals surface area contributed by atoms with Gasteiger partial charge in [-0.25, -0.2) is 0 Å². The second-order valence-corrected chi connectivity index (χ2v) is 6.38. The molecule has 0 spiro atoms. The van der Waals surface area contributed by atoms with Gasteiger partial charge in [-0.05, 0) is 48.6 Å². The Balaban J connectivity index is 2.82. The van der Waals surface area contributed by atoms with Crippen LogP contribution in [0.4, 0.5) is 0 Å². The summed E-state index contributed by atoms with van der Waals surface area (Å²) in [6.45, 7) is 6.78. The molecule has 118 valence electrons. The Bertz CT molecular complexity index is 552. The Labute approximate surface area is 124 Å². The van der Waals surface area contributed by atoms with Crippen molar-refractivity contribution in [3.8, 4) is 5.75 Å². The quantitative estimate of drug-likeness (QED) is 0.648. The fourth-order valence-electron chi connectivity index (χ4n) is 3.18. The molecule has 21 heavy (non-hydrogen) atoms. The van der Waals surface area contributed by atoms with Gasteiger partial charge >= 0.3 is 0 Å². The van der Waals surface area contributed by atoms with Gasteiger partial charge in [0.05, 0.1) is 7.11 Å². The van der Waals surface area contributed by atoms with E-state index in [1.54, 1.807) is 26.0 Å². The maximum Gasteiger partial charge on any atom is 0.122 e. The number of ether oxygens (including phenoxy) is 1. The SMILES string of the molecule is COc1cc2c(cc1C)C(O)(C(C)C)C(O)C(O)C2(C)O. The number of hydrogen-bond donors (Lipinski definition) is 4. The molecule has 5 heteroatoms. The van der Waals surface area contributed by atoms with E-state index >= 15 is 0 Å². The van der Waals surface area contributed by atoms with Crippen LogP contribution in [0.25, 0.3) is 0 Å². The molecule has 1 aliphatic rings. The monoisotopic (exact) mass is 296 g/mol. The number of methoxy groups -OCH3 is 1. The summed E-state index contributed by atoms with van der Waals surface area (Å²) in [7, 11) is 1.52. The Morgan fingerprint density at radius 1 is 1.10 bits per heavy atom. The van der Waals surface area contributed by atoms with Gasteiger partial charge in [-0.3, -0.25) is 0 Å². The Morgan fingerprint density at radius 3 is 2.14 bits per heavy atom. The fraction of sp³-hybridized carbons (Fsp3) is 0.625. The number of fused-ring (bicyclic) bond motifs is 1. The smallest absolute Gasteiger partial charge is 0.122 e. The molecule has 0 radical (unpaired) electrons. The highest BCUT2D eigenvalue weighted by molar-refractivity contribution is 5.50. The minimum Gasteiger partial charge on any atom is -0.496 e. The van der Waals surface area contributed by atoms with Crippen molar-refractivity contribution >= 4 is 0 Å². The van der Waals surface area contributed by atoms with Gasteiger partial charge in [0.1, 0.15) is 29.2 Å². The highest BCUT2D eigenvalue weighted by atomic mass is 16.5. The van der Waals surface area contributed by atoms with Crippen molar-refractivity contribution in [2.45, 2.75) is 51.1 Å². The van der Waals surface area contributed by atoms with Crippen LogP contribution in [0.15, 0.2) is 12.1 Å². The van der Waals surface area contributed by atoms with Crippen LogP contribution >= 0.6 is 0 Å². The van der Waals surface area contributed by atoms with Crippen molar-refractivity contribution in [2.75, 3.05) is 7.11 Å². The largest absolute Gasteiger partial charge is 0.496 e. The number of benzene rings is 1. The molecule has 0 amide bonds. The molecular formula is C16H24O5. The second-order valence-electron chi connectivity index (χ2n) is 6.38. The molecule has 0 saturated carbocycles. The lowest BCUT2D eigenvalue weighted by atomic mass is 9.64. The number of aliphatic hydroxyl groups excluding tert-OH is 2. The molecule has 0 aliphatic heterocycles. The van der Waals surface area contributed by atoms with Crippen molar-refractivity contribution in [1.29, 1.82) is 0 Å². The zero-order valence-electron chi connectivity index (χ0n) is 13.1. The van der Waals surface area contributed by atoms with E-state index in [2.05, 4.69) is 0 Å². The number of aryl methyl sites for hydroxylation is 1. The topological polar surface area (TPSA) is 90.2 Å². The summed E-state index contributed by atoms with van der Waals surface area (Å²) >= 11 is 0. The molecule has 4 atom stereocenters. The van der Waals surface area contributed by atoms with Gasteiger partial charge in [-0.1, -0.05) is 13.8 Å². The highest BCUT2D eigenvalue weighted by Crippen LogP contribution is 2.48. The summed E-state index contributed by atoms with van der Waals surface area (Å²) in [4.78, 5) is 0. The van der Waals surface area contributed by atoms with Crippen LogP contribution in [0.2, 0.25) is 0 Å². The van der Waals surface area contributed by atoms with Gasteiger partial charge in [0.15, 0.2) is 0 Å². The molecular weight excluding hydrogens is 272 g/mol. The maximum absolute atomic E-state index is 11.0. The molecule has 0 fully saturated rings. The van der Waals surface area contributed by atoms with E-state index < -0.39 is 23.4 Å². The van der Waals surface area contributed by atoms with E-state index in [0.717, 1.165) is 5.56 Å². The lowest BCUT2D eigenvalue weighted by Gasteiger charge is -2.50. The van der Waals surface area contributed by atoms with Gasteiger partial charge in [-0.15, -0.1) is 0 Å². The molecule has 0 heterocycles. The summed E-state index contributed by atoms with van der Waals surface area (Å²) in [5, 5.41) is 42.3. The van der Waals surface area contributed by atoms with Gasteiger partial charge in [0.2, 0.25) is 0 Å². The Kier molecular flexibility index (Phi) is 3.83. The van der Waals surface area contributed by atoms with Crippen LogP contribution in [0.1, 0.15) is 37.5 Å². The first-order chi connectivity index (χ1) is 9.58. The zero-order chi connectivity index (χ0) is 16.2. The molecule has 1 aliphatic carbocycles. The maximum atomic E-state index is 11.0. The predicted octanol–water partition coefficient (Wildman–Crippen LogP) is 0.790. The van der Waals surface area contributed by atoms with Crippen LogP contribution < -0.4 is 4.74 Å². The third-order valence-corrected chi connectivity index (χ3v) is 4.72. The lowest BCUT2D eigenvalue weighted by molar-refractivity contribution is -0.216. The van der Waals surface area contributed by atoms with Crippen molar-refractivity contribution in [3.63, 3.8) is 0 Å². The number of rotatable bonds is 2. The fourth-order valence-corrected chi connectivity index (χ4v) is 3.18. The summed E-state index contributed by atoms with van der Waals surface area (Å²) in [6.07, 6.45) is -2.97. The zero-order valence-corrected chi connectivity index (χ0v) is 13.1. The van der Waals surface area contributed by atoms with E-state index in [-0.39, 0.29) is 5.92 Å². The van der Waals surface area contributed by atoms with Crippen LogP contribution in [0.3, 0.4) is 0 Å². The molecule has 1 aromatic rings. The Morgan fingerprint density at radius 2 is 1.67 bits per heavy atom. The third-order valence-electron chi connectivity index (χ3n) is 4.72. The van der Waals surface area contributed by atoms with Crippen molar-refractivity contribution in [3.05, 3.63) is 28.8 Å². The third kappa shape index (κ3) is 2.07. The van der Waals surface area contributed by atoms with Crippen LogP contribution in [-0.4, -0.2) is 39.7 Å². The Hall–Kier alpha value is -1.14. The van der Waals surface area contributed by atoms with E-state index in [4.69, 9.17) is 4.74 Å². The number of aliphatic hydroxyl groups is 4. The van der Waals surface area contributed by atoms with Crippen LogP contribution in [0.5, 0.6) is 5.75 Å². The van der Waals surface area contributed by atoms with E-state index in [1.165, 1.54) is 14.0 Å². The average molecular weight is 296 g/mol. The van der Waals surface area contributed by atoms with Crippen molar-refractivity contribution in [1.82, 2.24) is 0 Å².